The van der Waals surface area contributed by atoms with Gasteiger partial charge in [0, 0.05) is 40.9 Å². The average Bonchev–Trinajstić information content (AvgIpc) is 2.72. The van der Waals surface area contributed by atoms with E-state index < -0.39 is 0 Å². The molecule has 0 bridgehead atoms. The molecule has 0 spiro atoms. The van der Waals surface area contributed by atoms with Crippen molar-refractivity contribution in [3.63, 3.8) is 0 Å². The molecular weight excluding hydrogens is 356 g/mol. The SMILES string of the molecule is COc1cc(SC)ccc1C(C)CNc1cc(-c2ccc(C)nc2)ncn1. The van der Waals surface area contributed by atoms with Crippen LogP contribution in [0.4, 0.5) is 5.82 Å². The summed E-state index contributed by atoms with van der Waals surface area (Å²) in [5.41, 5.74) is 4.00. The predicted molar refractivity (Wildman–Crippen MR) is 112 cm³/mol. The van der Waals surface area contributed by atoms with E-state index in [1.165, 1.54) is 10.5 Å². The minimum atomic E-state index is 0.273. The first-order valence-electron chi connectivity index (χ1n) is 8.81. The summed E-state index contributed by atoms with van der Waals surface area (Å²) in [4.78, 5) is 14.2. The van der Waals surface area contributed by atoms with E-state index in [1.807, 2.05) is 31.3 Å². The lowest BCUT2D eigenvalue weighted by molar-refractivity contribution is 0.406. The number of ether oxygens (including phenoxy) is 1. The number of nitrogens with zero attached hydrogens (tertiary/aromatic N) is 3. The summed E-state index contributed by atoms with van der Waals surface area (Å²) in [6, 6.07) is 12.3. The second kappa shape index (κ2) is 8.86. The van der Waals surface area contributed by atoms with Gasteiger partial charge in [-0.25, -0.2) is 9.97 Å². The van der Waals surface area contributed by atoms with Crippen LogP contribution in [0.2, 0.25) is 0 Å². The Labute approximate surface area is 164 Å². The monoisotopic (exact) mass is 380 g/mol. The van der Waals surface area contributed by atoms with Crippen molar-refractivity contribution in [1.29, 1.82) is 0 Å². The maximum absolute atomic E-state index is 5.57. The van der Waals surface area contributed by atoms with Crippen molar-refractivity contribution in [1.82, 2.24) is 15.0 Å². The van der Waals surface area contributed by atoms with Gasteiger partial charge in [-0.1, -0.05) is 13.0 Å². The van der Waals surface area contributed by atoms with Gasteiger partial charge in [0.05, 0.1) is 12.8 Å². The van der Waals surface area contributed by atoms with Gasteiger partial charge in [-0.3, -0.25) is 4.98 Å². The van der Waals surface area contributed by atoms with Gasteiger partial charge in [0.2, 0.25) is 0 Å². The number of nitrogens with one attached hydrogen (secondary N) is 1. The first-order valence-corrected chi connectivity index (χ1v) is 10.0. The molecule has 0 amide bonds. The number of hydrogen-bond donors (Lipinski definition) is 1. The van der Waals surface area contributed by atoms with E-state index in [2.05, 4.69) is 51.6 Å². The fraction of sp³-hybridized carbons (Fsp3) is 0.286. The quantitative estimate of drug-likeness (QED) is 0.595. The smallest absolute Gasteiger partial charge is 0.129 e. The van der Waals surface area contributed by atoms with E-state index >= 15 is 0 Å². The predicted octanol–water partition coefficient (Wildman–Crippen LogP) is 4.79. The zero-order chi connectivity index (χ0) is 19.2. The van der Waals surface area contributed by atoms with Gasteiger partial charge in [0.1, 0.15) is 17.9 Å². The number of anilines is 1. The van der Waals surface area contributed by atoms with Crippen molar-refractivity contribution >= 4 is 17.6 Å². The van der Waals surface area contributed by atoms with Crippen LogP contribution in [0, 0.1) is 6.92 Å². The van der Waals surface area contributed by atoms with Crippen LogP contribution in [-0.4, -0.2) is 34.9 Å². The van der Waals surface area contributed by atoms with Crippen LogP contribution in [0.25, 0.3) is 11.3 Å². The highest BCUT2D eigenvalue weighted by atomic mass is 32.2. The highest BCUT2D eigenvalue weighted by Gasteiger charge is 2.13. The Bertz CT molecular complexity index is 899. The zero-order valence-corrected chi connectivity index (χ0v) is 16.9. The third-order valence-corrected chi connectivity index (χ3v) is 5.16. The zero-order valence-electron chi connectivity index (χ0n) is 16.1. The number of aryl methyl sites for hydroxylation is 1. The molecule has 0 radical (unpaired) electrons. The molecule has 1 aromatic carbocycles. The maximum atomic E-state index is 5.57. The lowest BCUT2D eigenvalue weighted by Gasteiger charge is -2.17. The molecule has 2 heterocycles. The van der Waals surface area contributed by atoms with Crippen LogP contribution in [0.3, 0.4) is 0 Å². The van der Waals surface area contributed by atoms with Crippen LogP contribution in [0.15, 0.2) is 53.8 Å². The van der Waals surface area contributed by atoms with Crippen LogP contribution >= 0.6 is 11.8 Å². The van der Waals surface area contributed by atoms with Gasteiger partial charge >= 0.3 is 0 Å². The summed E-state index contributed by atoms with van der Waals surface area (Å²) in [5.74, 6) is 1.99. The molecule has 0 saturated heterocycles. The largest absolute Gasteiger partial charge is 0.496 e. The summed E-state index contributed by atoms with van der Waals surface area (Å²) >= 11 is 1.71. The molecule has 140 valence electrons. The third kappa shape index (κ3) is 4.77. The molecule has 3 rings (SSSR count). The van der Waals surface area contributed by atoms with Crippen molar-refractivity contribution < 1.29 is 4.74 Å². The molecule has 0 aliphatic heterocycles. The molecule has 27 heavy (non-hydrogen) atoms. The second-order valence-corrected chi connectivity index (χ2v) is 7.25. The molecule has 0 aliphatic rings. The van der Waals surface area contributed by atoms with Gasteiger partial charge in [-0.15, -0.1) is 11.8 Å². The van der Waals surface area contributed by atoms with Crippen LogP contribution < -0.4 is 10.1 Å². The fourth-order valence-corrected chi connectivity index (χ4v) is 3.25. The molecule has 2 aromatic heterocycles. The molecule has 0 saturated carbocycles. The molecule has 1 atom stereocenters. The summed E-state index contributed by atoms with van der Waals surface area (Å²) in [5, 5.41) is 3.41. The minimum absolute atomic E-state index is 0.273. The Morgan fingerprint density at radius 2 is 1.96 bits per heavy atom. The van der Waals surface area contributed by atoms with Gasteiger partial charge in [0.15, 0.2) is 0 Å². The number of hydrogen-bond acceptors (Lipinski definition) is 6. The Balaban J connectivity index is 1.71. The Morgan fingerprint density at radius 3 is 2.67 bits per heavy atom. The first kappa shape index (κ1) is 19.2. The van der Waals surface area contributed by atoms with Gasteiger partial charge in [-0.05, 0) is 43.0 Å². The Hall–Kier alpha value is -2.60. The molecule has 3 aromatic rings. The van der Waals surface area contributed by atoms with Gasteiger partial charge in [0.25, 0.3) is 0 Å². The first-order chi connectivity index (χ1) is 13.1. The van der Waals surface area contributed by atoms with Crippen LogP contribution in [0.1, 0.15) is 24.1 Å². The summed E-state index contributed by atoms with van der Waals surface area (Å²) in [6.07, 6.45) is 5.48. The molecule has 0 fully saturated rings. The van der Waals surface area contributed by atoms with E-state index in [4.69, 9.17) is 4.74 Å². The molecule has 0 aliphatic carbocycles. The standard InChI is InChI=1S/C21H24N4OS/c1-14(18-8-7-17(27-4)9-20(18)26-3)11-23-21-10-19(24-13-25-21)16-6-5-15(2)22-12-16/h5-10,12-14H,11H2,1-4H3,(H,23,24,25). The number of aromatic nitrogens is 3. The normalized spacial score (nSPS) is 11.9. The third-order valence-electron chi connectivity index (χ3n) is 4.44. The lowest BCUT2D eigenvalue weighted by Crippen LogP contribution is -2.12. The number of pyridine rings is 1. The minimum Gasteiger partial charge on any atom is -0.496 e. The number of thioether (sulfide) groups is 1. The van der Waals surface area contributed by atoms with Crippen molar-refractivity contribution in [3.8, 4) is 17.0 Å². The second-order valence-electron chi connectivity index (χ2n) is 6.37. The topological polar surface area (TPSA) is 59.9 Å². The molecule has 6 heteroatoms. The lowest BCUT2D eigenvalue weighted by atomic mass is 10.00. The van der Waals surface area contributed by atoms with Crippen molar-refractivity contribution in [2.75, 3.05) is 25.2 Å². The summed E-state index contributed by atoms with van der Waals surface area (Å²) in [6.45, 7) is 4.89. The average molecular weight is 381 g/mol. The molecular formula is C21H24N4OS. The fourth-order valence-electron chi connectivity index (χ4n) is 2.82. The van der Waals surface area contributed by atoms with Crippen molar-refractivity contribution in [2.45, 2.75) is 24.7 Å². The van der Waals surface area contributed by atoms with Crippen molar-refractivity contribution in [3.05, 3.63) is 60.2 Å². The van der Waals surface area contributed by atoms with Crippen LogP contribution in [0.5, 0.6) is 5.75 Å². The van der Waals surface area contributed by atoms with Gasteiger partial charge in [-0.2, -0.15) is 0 Å². The maximum Gasteiger partial charge on any atom is 0.129 e. The van der Waals surface area contributed by atoms with Crippen LogP contribution in [-0.2, 0) is 0 Å². The summed E-state index contributed by atoms with van der Waals surface area (Å²) in [7, 11) is 1.72. The molecule has 1 unspecified atom stereocenters. The molecule has 1 N–H and O–H groups in total. The van der Waals surface area contributed by atoms with E-state index in [0.717, 1.165) is 35.1 Å². The number of methoxy groups -OCH3 is 1. The highest BCUT2D eigenvalue weighted by molar-refractivity contribution is 7.98. The molecule has 5 nitrogen and oxygen atoms in total. The van der Waals surface area contributed by atoms with E-state index in [9.17, 15) is 0 Å². The number of benzene rings is 1. The van der Waals surface area contributed by atoms with Crippen molar-refractivity contribution in [2.24, 2.45) is 0 Å². The van der Waals surface area contributed by atoms with E-state index in [1.54, 1.807) is 25.2 Å². The Morgan fingerprint density at radius 1 is 1.11 bits per heavy atom. The highest BCUT2D eigenvalue weighted by Crippen LogP contribution is 2.31. The number of rotatable bonds is 7. The van der Waals surface area contributed by atoms with E-state index in [-0.39, 0.29) is 5.92 Å². The van der Waals surface area contributed by atoms with E-state index in [0.29, 0.717) is 0 Å². The van der Waals surface area contributed by atoms with Gasteiger partial charge < -0.3 is 10.1 Å². The Kier molecular flexibility index (Phi) is 6.29. The summed E-state index contributed by atoms with van der Waals surface area (Å²) < 4.78 is 5.57.